The second-order valence-corrected chi connectivity index (χ2v) is 5.08. The fraction of sp³-hybridized carbons (Fsp3) is 0.400. The lowest BCUT2D eigenvalue weighted by Crippen LogP contribution is -2.24. The summed E-state index contributed by atoms with van der Waals surface area (Å²) in [6.07, 6.45) is 5.35. The summed E-state index contributed by atoms with van der Waals surface area (Å²) in [5.74, 6) is 0.396. The molecule has 0 nitrogen and oxygen atoms in total. The van der Waals surface area contributed by atoms with Gasteiger partial charge in [-0.15, -0.1) is 34.8 Å². The van der Waals surface area contributed by atoms with Gasteiger partial charge in [0.05, 0.1) is 10.3 Å². The Labute approximate surface area is 109 Å². The van der Waals surface area contributed by atoms with Crippen LogP contribution in [0.1, 0.15) is 6.92 Å². The molecule has 0 aromatic heterocycles. The Kier molecular flexibility index (Phi) is 7.23. The molecular weight excluding hydrogens is 306 g/mol. The van der Waals surface area contributed by atoms with Crippen LogP contribution in [0.5, 0.6) is 0 Å². The molecule has 0 spiro atoms. The van der Waals surface area contributed by atoms with Crippen LogP contribution >= 0.6 is 50.7 Å². The van der Waals surface area contributed by atoms with Gasteiger partial charge in [0.25, 0.3) is 0 Å². The van der Waals surface area contributed by atoms with E-state index in [1.807, 2.05) is 6.92 Å². The highest BCUT2D eigenvalue weighted by atomic mass is 79.9. The minimum atomic E-state index is -0.617. The Morgan fingerprint density at radius 1 is 1.64 bits per heavy atom. The van der Waals surface area contributed by atoms with Crippen LogP contribution in [0.15, 0.2) is 35.4 Å². The van der Waals surface area contributed by atoms with E-state index in [9.17, 15) is 0 Å². The molecule has 4 heteroatoms. The van der Waals surface area contributed by atoms with Gasteiger partial charge in [-0.25, -0.2) is 0 Å². The van der Waals surface area contributed by atoms with E-state index in [2.05, 4.69) is 22.5 Å². The molecule has 0 heterocycles. The first-order valence-electron chi connectivity index (χ1n) is 3.97. The zero-order valence-corrected chi connectivity index (χ0v) is 11.7. The monoisotopic (exact) mass is 316 g/mol. The topological polar surface area (TPSA) is 0 Å². The maximum Gasteiger partial charge on any atom is 0.0804 e. The number of alkyl halides is 3. The van der Waals surface area contributed by atoms with Crippen LogP contribution in [0.25, 0.3) is 0 Å². The highest BCUT2D eigenvalue weighted by Crippen LogP contribution is 2.27. The molecule has 0 amide bonds. The standard InChI is InChI=1S/C10H12BrCl3/c1-8(7-12)3-4-9(13)10(2,14)5-6-11/h3-6,9H,1,7H2,2H3/b4-3+,6-5+. The number of allylic oxidation sites excluding steroid dienone is 4. The third-order valence-corrected chi connectivity index (χ3v) is 3.28. The van der Waals surface area contributed by atoms with Crippen molar-refractivity contribution >= 4 is 50.7 Å². The van der Waals surface area contributed by atoms with Crippen LogP contribution in [-0.4, -0.2) is 16.1 Å². The summed E-state index contributed by atoms with van der Waals surface area (Å²) in [5, 5.41) is -0.307. The van der Waals surface area contributed by atoms with Gasteiger partial charge in [0.15, 0.2) is 0 Å². The van der Waals surface area contributed by atoms with Crippen LogP contribution < -0.4 is 0 Å². The normalized spacial score (nSPS) is 18.6. The maximum atomic E-state index is 6.15. The van der Waals surface area contributed by atoms with Crippen molar-refractivity contribution in [2.75, 3.05) is 5.88 Å². The fourth-order valence-corrected chi connectivity index (χ4v) is 1.74. The van der Waals surface area contributed by atoms with Crippen LogP contribution in [0.4, 0.5) is 0 Å². The van der Waals surface area contributed by atoms with Crippen molar-refractivity contribution < 1.29 is 0 Å². The lowest BCUT2D eigenvalue weighted by atomic mass is 10.1. The van der Waals surface area contributed by atoms with Crippen molar-refractivity contribution in [1.82, 2.24) is 0 Å². The van der Waals surface area contributed by atoms with E-state index in [-0.39, 0.29) is 5.38 Å². The Morgan fingerprint density at radius 3 is 2.64 bits per heavy atom. The lowest BCUT2D eigenvalue weighted by Gasteiger charge is -2.20. The average molecular weight is 318 g/mol. The van der Waals surface area contributed by atoms with Crippen molar-refractivity contribution in [1.29, 1.82) is 0 Å². The van der Waals surface area contributed by atoms with E-state index in [4.69, 9.17) is 34.8 Å². The van der Waals surface area contributed by atoms with Gasteiger partial charge in [0.1, 0.15) is 0 Å². The molecule has 0 rings (SSSR count). The van der Waals surface area contributed by atoms with Gasteiger partial charge in [0, 0.05) is 5.88 Å². The molecule has 80 valence electrons. The largest absolute Gasteiger partial charge is 0.122 e. The molecule has 0 aliphatic rings. The summed E-state index contributed by atoms with van der Waals surface area (Å²) in [6.45, 7) is 5.56. The van der Waals surface area contributed by atoms with Crippen molar-refractivity contribution in [3.05, 3.63) is 35.4 Å². The molecule has 0 saturated heterocycles. The van der Waals surface area contributed by atoms with Crippen molar-refractivity contribution in [2.45, 2.75) is 17.2 Å². The minimum Gasteiger partial charge on any atom is -0.122 e. The van der Waals surface area contributed by atoms with E-state index >= 15 is 0 Å². The number of halogens is 4. The van der Waals surface area contributed by atoms with Crippen LogP contribution in [0.3, 0.4) is 0 Å². The minimum absolute atomic E-state index is 0.307. The predicted molar refractivity (Wildman–Crippen MR) is 71.0 cm³/mol. The summed E-state index contributed by atoms with van der Waals surface area (Å²) in [7, 11) is 0. The molecule has 0 fully saturated rings. The third kappa shape index (κ3) is 5.45. The van der Waals surface area contributed by atoms with E-state index in [0.717, 1.165) is 5.57 Å². The molecule has 0 radical (unpaired) electrons. The fourth-order valence-electron chi connectivity index (χ4n) is 0.668. The Morgan fingerprint density at radius 2 is 2.21 bits per heavy atom. The summed E-state index contributed by atoms with van der Waals surface area (Å²) in [4.78, 5) is 1.08. The van der Waals surface area contributed by atoms with Gasteiger partial charge in [-0.1, -0.05) is 40.7 Å². The first-order valence-corrected chi connectivity index (χ1v) is 6.23. The second kappa shape index (κ2) is 6.95. The molecule has 14 heavy (non-hydrogen) atoms. The molecule has 0 bridgehead atoms. The van der Waals surface area contributed by atoms with Gasteiger partial charge in [0.2, 0.25) is 0 Å². The molecule has 2 unspecified atom stereocenters. The second-order valence-electron chi connectivity index (χ2n) is 3.00. The van der Waals surface area contributed by atoms with Gasteiger partial charge < -0.3 is 0 Å². The molecule has 0 aromatic rings. The van der Waals surface area contributed by atoms with Crippen molar-refractivity contribution in [3.8, 4) is 0 Å². The first kappa shape index (κ1) is 14.6. The first-order chi connectivity index (χ1) is 6.44. The predicted octanol–water partition coefficient (Wildman–Crippen LogP) is 4.85. The summed E-state index contributed by atoms with van der Waals surface area (Å²) < 4.78 is 0. The van der Waals surface area contributed by atoms with Crippen LogP contribution in [0, 0.1) is 0 Å². The van der Waals surface area contributed by atoms with Gasteiger partial charge >= 0.3 is 0 Å². The van der Waals surface area contributed by atoms with E-state index < -0.39 is 4.87 Å². The van der Waals surface area contributed by atoms with E-state index in [1.54, 1.807) is 23.2 Å². The maximum absolute atomic E-state index is 6.15. The number of hydrogen-bond acceptors (Lipinski definition) is 0. The summed E-state index contributed by atoms with van der Waals surface area (Å²) in [6, 6.07) is 0. The smallest absolute Gasteiger partial charge is 0.0804 e. The molecule has 0 N–H and O–H groups in total. The van der Waals surface area contributed by atoms with Gasteiger partial charge in [-0.2, -0.15) is 0 Å². The van der Waals surface area contributed by atoms with Crippen LogP contribution in [0.2, 0.25) is 0 Å². The molecule has 0 aliphatic heterocycles. The van der Waals surface area contributed by atoms with E-state index in [1.165, 1.54) is 0 Å². The molecule has 0 aromatic carbocycles. The highest BCUT2D eigenvalue weighted by Gasteiger charge is 2.25. The summed E-state index contributed by atoms with van der Waals surface area (Å²) in [5.41, 5.74) is 0.813. The SMILES string of the molecule is C=C(/C=C/C(Cl)C(C)(Cl)/C=C/Br)CCl. The van der Waals surface area contributed by atoms with Crippen LogP contribution in [-0.2, 0) is 0 Å². The Balaban J connectivity index is 4.40. The number of rotatable bonds is 5. The van der Waals surface area contributed by atoms with E-state index in [0.29, 0.717) is 5.88 Å². The van der Waals surface area contributed by atoms with Crippen molar-refractivity contribution in [3.63, 3.8) is 0 Å². The third-order valence-electron chi connectivity index (χ3n) is 1.60. The molecule has 0 saturated carbocycles. The number of hydrogen-bond donors (Lipinski definition) is 0. The average Bonchev–Trinajstić information content (AvgIpc) is 2.13. The Bertz CT molecular complexity index is 244. The molecule has 2 atom stereocenters. The lowest BCUT2D eigenvalue weighted by molar-refractivity contribution is 0.800. The zero-order valence-electron chi connectivity index (χ0n) is 7.81. The molecular formula is C10H12BrCl3. The quantitative estimate of drug-likeness (QED) is 0.502. The van der Waals surface area contributed by atoms with Crippen molar-refractivity contribution in [2.24, 2.45) is 0 Å². The zero-order chi connectivity index (χ0) is 11.2. The van der Waals surface area contributed by atoms with Gasteiger partial charge in [-0.3, -0.25) is 0 Å². The molecule has 0 aliphatic carbocycles. The highest BCUT2D eigenvalue weighted by molar-refractivity contribution is 9.11. The van der Waals surface area contributed by atoms with Gasteiger partial charge in [-0.05, 0) is 17.5 Å². The Hall–Kier alpha value is 0.570. The summed E-state index contributed by atoms with van der Waals surface area (Å²) >= 11 is 21.0.